The molecule has 11 heteroatoms. The maximum absolute atomic E-state index is 10.0. The number of likely N-dealkylation sites (N-methyl/N-ethyl adjacent to an activating group) is 2. The van der Waals surface area contributed by atoms with E-state index in [0.29, 0.717) is 22.1 Å². The number of nitrogens with zero attached hydrogens (tertiary/aromatic N) is 2. The van der Waals surface area contributed by atoms with E-state index >= 15 is 0 Å². The summed E-state index contributed by atoms with van der Waals surface area (Å²) in [5.41, 5.74) is 0. The van der Waals surface area contributed by atoms with Crippen LogP contribution in [0.1, 0.15) is 12.8 Å². The molecule has 0 aliphatic rings. The summed E-state index contributed by atoms with van der Waals surface area (Å²) in [4.78, 5) is 20.0. The SMILES string of the molecule is C[N+](C)(C)C[C@H](O)CC(=O)[O-].C[N+](C)(C)C[C@H](O)CC(=O)[O-].O.O.O. The summed E-state index contributed by atoms with van der Waals surface area (Å²) in [5, 5.41) is 38.3. The molecule has 0 fully saturated rings. The van der Waals surface area contributed by atoms with Gasteiger partial charge in [0.15, 0.2) is 0 Å². The fourth-order valence-corrected chi connectivity index (χ4v) is 1.78. The van der Waals surface area contributed by atoms with Crippen LogP contribution < -0.4 is 10.2 Å². The van der Waals surface area contributed by atoms with Gasteiger partial charge in [-0.2, -0.15) is 0 Å². The van der Waals surface area contributed by atoms with Gasteiger partial charge < -0.3 is 55.4 Å². The number of carboxylic acids is 2. The lowest BCUT2D eigenvalue weighted by molar-refractivity contribution is -0.873. The van der Waals surface area contributed by atoms with Crippen LogP contribution >= 0.6 is 0 Å². The molecule has 0 bridgehead atoms. The molecule has 0 rings (SSSR count). The Kier molecular flexibility index (Phi) is 20.9. The first-order chi connectivity index (χ1) is 9.62. The Morgan fingerprint density at radius 1 is 0.720 bits per heavy atom. The van der Waals surface area contributed by atoms with Gasteiger partial charge in [-0.3, -0.25) is 0 Å². The third kappa shape index (κ3) is 34.8. The van der Waals surface area contributed by atoms with Crippen molar-refractivity contribution in [2.45, 2.75) is 25.0 Å². The summed E-state index contributed by atoms with van der Waals surface area (Å²) < 4.78 is 1.10. The number of rotatable bonds is 8. The summed E-state index contributed by atoms with van der Waals surface area (Å²) in [6, 6.07) is 0. The molecule has 0 saturated heterocycles. The number of carboxylic acid groups (broad SMARTS) is 2. The number of aliphatic hydroxyl groups excluding tert-OH is 2. The van der Waals surface area contributed by atoms with Gasteiger partial charge in [0.25, 0.3) is 0 Å². The Bertz CT molecular complexity index is 317. The molecule has 0 aromatic heterocycles. The van der Waals surface area contributed by atoms with Crippen LogP contribution in [-0.2, 0) is 9.59 Å². The molecule has 0 radical (unpaired) electrons. The molecule has 156 valence electrons. The van der Waals surface area contributed by atoms with Gasteiger partial charge in [0.1, 0.15) is 25.3 Å². The van der Waals surface area contributed by atoms with Gasteiger partial charge in [-0.1, -0.05) is 0 Å². The maximum Gasteiger partial charge on any atom is 0.108 e. The van der Waals surface area contributed by atoms with E-state index < -0.39 is 24.1 Å². The molecule has 0 aromatic rings. The summed E-state index contributed by atoms with van der Waals surface area (Å²) in [6.45, 7) is 0.849. The van der Waals surface area contributed by atoms with Gasteiger partial charge >= 0.3 is 0 Å². The van der Waals surface area contributed by atoms with Gasteiger partial charge in [-0.15, -0.1) is 0 Å². The molecule has 0 spiro atoms. The number of hydrogen-bond acceptors (Lipinski definition) is 6. The third-order valence-corrected chi connectivity index (χ3v) is 2.32. The summed E-state index contributed by atoms with van der Waals surface area (Å²) >= 11 is 0. The van der Waals surface area contributed by atoms with Crippen molar-refractivity contribution in [2.75, 3.05) is 55.4 Å². The van der Waals surface area contributed by atoms with Gasteiger partial charge in [0.05, 0.1) is 42.3 Å². The average Bonchev–Trinajstić information content (AvgIpc) is 2.07. The Morgan fingerprint density at radius 2 is 0.920 bits per heavy atom. The van der Waals surface area contributed by atoms with Crippen LogP contribution in [0.5, 0.6) is 0 Å². The van der Waals surface area contributed by atoms with Crippen molar-refractivity contribution in [2.24, 2.45) is 0 Å². The van der Waals surface area contributed by atoms with Gasteiger partial charge in [-0.25, -0.2) is 0 Å². The standard InChI is InChI=1S/2C7H15NO3.3H2O/c2*1-8(2,3)5-6(9)4-7(10)11;;;/h2*6,9H,4-5H2,1-3H3;3*1H2/t2*6-;;;/m11.../s1. The van der Waals surface area contributed by atoms with Gasteiger partial charge in [0.2, 0.25) is 0 Å². The topological polar surface area (TPSA) is 215 Å². The number of hydrogen-bond donors (Lipinski definition) is 2. The second kappa shape index (κ2) is 15.0. The van der Waals surface area contributed by atoms with E-state index in [2.05, 4.69) is 0 Å². The van der Waals surface area contributed by atoms with Gasteiger partial charge in [-0.05, 0) is 0 Å². The van der Waals surface area contributed by atoms with E-state index in [4.69, 9.17) is 10.2 Å². The van der Waals surface area contributed by atoms with Crippen LogP contribution in [0.4, 0.5) is 0 Å². The zero-order chi connectivity index (χ0) is 18.1. The molecular formula is C14H36N2O9. The fourth-order valence-electron chi connectivity index (χ4n) is 1.78. The molecule has 0 heterocycles. The highest BCUT2D eigenvalue weighted by molar-refractivity contribution is 5.65. The normalized spacial score (nSPS) is 12.8. The quantitative estimate of drug-likeness (QED) is 0.392. The molecule has 8 N–H and O–H groups in total. The third-order valence-electron chi connectivity index (χ3n) is 2.32. The minimum absolute atomic E-state index is 0. The fraction of sp³-hybridized carbons (Fsp3) is 0.857. The predicted molar refractivity (Wildman–Crippen MR) is 87.9 cm³/mol. The molecule has 11 nitrogen and oxygen atoms in total. The van der Waals surface area contributed by atoms with E-state index in [1.165, 1.54) is 0 Å². The van der Waals surface area contributed by atoms with Crippen LogP contribution in [0.15, 0.2) is 0 Å². The van der Waals surface area contributed by atoms with Crippen molar-refractivity contribution in [3.8, 4) is 0 Å². The number of aliphatic hydroxyl groups is 2. The van der Waals surface area contributed by atoms with Crippen molar-refractivity contribution in [3.05, 3.63) is 0 Å². The number of carbonyl (C=O) groups is 2. The van der Waals surface area contributed by atoms with Crippen LogP contribution in [-0.4, -0.2) is 115 Å². The average molecular weight is 376 g/mol. The minimum atomic E-state index is -1.20. The first kappa shape index (κ1) is 34.9. The van der Waals surface area contributed by atoms with Crippen molar-refractivity contribution in [3.63, 3.8) is 0 Å². The number of aliphatic carboxylic acids is 2. The minimum Gasteiger partial charge on any atom is -0.550 e. The van der Waals surface area contributed by atoms with Crippen molar-refractivity contribution in [1.29, 1.82) is 0 Å². The highest BCUT2D eigenvalue weighted by Crippen LogP contribution is 1.98. The molecular weight excluding hydrogens is 340 g/mol. The van der Waals surface area contributed by atoms with E-state index in [9.17, 15) is 19.8 Å². The number of carbonyl (C=O) groups excluding carboxylic acids is 2. The summed E-state index contributed by atoms with van der Waals surface area (Å²) in [6.07, 6.45) is -2.18. The molecule has 2 atom stereocenters. The van der Waals surface area contributed by atoms with Crippen LogP contribution in [0, 0.1) is 0 Å². The van der Waals surface area contributed by atoms with Crippen molar-refractivity contribution >= 4 is 11.9 Å². The first-order valence-electron chi connectivity index (χ1n) is 6.99. The van der Waals surface area contributed by atoms with Crippen molar-refractivity contribution < 1.29 is 55.4 Å². The van der Waals surface area contributed by atoms with E-state index in [0.717, 1.165) is 0 Å². The highest BCUT2D eigenvalue weighted by atomic mass is 16.4. The van der Waals surface area contributed by atoms with Crippen LogP contribution in [0.25, 0.3) is 0 Å². The molecule has 25 heavy (non-hydrogen) atoms. The molecule has 0 aliphatic carbocycles. The molecule has 0 amide bonds. The molecule has 0 saturated carbocycles. The summed E-state index contributed by atoms with van der Waals surface area (Å²) in [7, 11) is 11.3. The Balaban J connectivity index is -0.0000000952. The second-order valence-electron chi connectivity index (χ2n) is 7.41. The molecule has 0 unspecified atom stereocenters. The Labute approximate surface area is 148 Å². The highest BCUT2D eigenvalue weighted by Gasteiger charge is 2.15. The monoisotopic (exact) mass is 376 g/mol. The van der Waals surface area contributed by atoms with Crippen molar-refractivity contribution in [1.82, 2.24) is 0 Å². The first-order valence-corrected chi connectivity index (χ1v) is 6.99. The molecule has 0 aliphatic heterocycles. The predicted octanol–water partition coefficient (Wildman–Crippen LogP) is -6.09. The van der Waals surface area contributed by atoms with E-state index in [1.54, 1.807) is 0 Å². The maximum atomic E-state index is 10.0. The van der Waals surface area contributed by atoms with E-state index in [1.807, 2.05) is 42.3 Å². The Morgan fingerprint density at radius 3 is 1.04 bits per heavy atom. The van der Waals surface area contributed by atoms with Crippen LogP contribution in [0.3, 0.4) is 0 Å². The lowest BCUT2D eigenvalue weighted by Crippen LogP contribution is -2.43. The molecule has 0 aromatic carbocycles. The Hall–Kier alpha value is -1.34. The lowest BCUT2D eigenvalue weighted by atomic mass is 10.2. The largest absolute Gasteiger partial charge is 0.550 e. The zero-order valence-corrected chi connectivity index (χ0v) is 15.9. The van der Waals surface area contributed by atoms with E-state index in [-0.39, 0.29) is 29.3 Å². The van der Waals surface area contributed by atoms with Crippen LogP contribution in [0.2, 0.25) is 0 Å². The lowest BCUT2D eigenvalue weighted by Gasteiger charge is -2.26. The zero-order valence-electron chi connectivity index (χ0n) is 15.9. The smallest absolute Gasteiger partial charge is 0.108 e. The van der Waals surface area contributed by atoms with Gasteiger partial charge in [0, 0.05) is 24.8 Å². The summed E-state index contributed by atoms with van der Waals surface area (Å²) in [5.74, 6) is -2.41. The number of quaternary nitrogens is 2. The second-order valence-corrected chi connectivity index (χ2v) is 7.41.